The van der Waals surface area contributed by atoms with Crippen LogP contribution in [0.2, 0.25) is 0 Å². The van der Waals surface area contributed by atoms with Gasteiger partial charge in [-0.05, 0) is 20.8 Å². The van der Waals surface area contributed by atoms with Crippen LogP contribution in [0.25, 0.3) is 0 Å². The summed E-state index contributed by atoms with van der Waals surface area (Å²) in [4.78, 5) is 31.9. The molecular formula is C19H19FeO9+3. The molecule has 9 nitrogen and oxygen atoms in total. The van der Waals surface area contributed by atoms with E-state index in [-0.39, 0.29) is 51.3 Å². The second-order valence-electron chi connectivity index (χ2n) is 5.19. The largest absolute Gasteiger partial charge is 4.00 e. The molecular weight excluding hydrogens is 428 g/mol. The maximum absolute atomic E-state index is 10.8. The van der Waals surface area contributed by atoms with Crippen molar-refractivity contribution in [2.45, 2.75) is 20.8 Å². The van der Waals surface area contributed by atoms with Gasteiger partial charge < -0.3 is 28.2 Å². The first-order valence-electron chi connectivity index (χ1n) is 7.74. The Labute approximate surface area is 175 Å². The molecule has 29 heavy (non-hydrogen) atoms. The Bertz CT molecular complexity index is 1020. The first kappa shape index (κ1) is 25.8. The van der Waals surface area contributed by atoms with Crippen LogP contribution >= 0.6 is 0 Å². The van der Waals surface area contributed by atoms with Crippen LogP contribution in [0.5, 0.6) is 17.2 Å². The van der Waals surface area contributed by atoms with Crippen molar-refractivity contribution in [1.82, 2.24) is 0 Å². The van der Waals surface area contributed by atoms with Crippen molar-refractivity contribution in [3.8, 4) is 17.2 Å². The zero-order valence-electron chi connectivity index (χ0n) is 15.8. The Morgan fingerprint density at radius 2 is 1.07 bits per heavy atom. The van der Waals surface area contributed by atoms with E-state index in [0.29, 0.717) is 5.76 Å². The minimum absolute atomic E-state index is 0. The fourth-order valence-corrected chi connectivity index (χ4v) is 1.69. The molecule has 0 amide bonds. The fraction of sp³-hybridized carbons (Fsp3) is 0.158. The van der Waals surface area contributed by atoms with E-state index < -0.39 is 10.9 Å². The molecule has 0 aliphatic heterocycles. The fourth-order valence-electron chi connectivity index (χ4n) is 1.69. The summed E-state index contributed by atoms with van der Waals surface area (Å²) >= 11 is 0. The standard InChI is InChI=1S/C7H7O3.2C6H6O3.Fe/c1-5-7(9-2)6(8)3-4-10-5;2*1-4-6(8)5(7)2-3-9-4;/h3-4H,2H2,1H3;2*2-3,8H,1H3;/q-1;;;+4. The zero-order chi connectivity index (χ0) is 21.3. The van der Waals surface area contributed by atoms with Gasteiger partial charge in [0.1, 0.15) is 17.3 Å². The maximum Gasteiger partial charge on any atom is 4.00 e. The van der Waals surface area contributed by atoms with Crippen LogP contribution in [0.4, 0.5) is 0 Å². The van der Waals surface area contributed by atoms with Gasteiger partial charge in [0.25, 0.3) is 0 Å². The average Bonchev–Trinajstić information content (AvgIpc) is 2.65. The summed E-state index contributed by atoms with van der Waals surface area (Å²) < 4.78 is 18.8. The van der Waals surface area contributed by atoms with Crippen molar-refractivity contribution in [3.05, 3.63) is 92.0 Å². The van der Waals surface area contributed by atoms with Gasteiger partial charge in [-0.2, -0.15) is 7.11 Å². The van der Waals surface area contributed by atoms with E-state index in [9.17, 15) is 14.4 Å². The molecule has 0 unspecified atom stereocenters. The molecule has 3 rings (SSSR count). The Kier molecular flexibility index (Phi) is 10.9. The number of aromatic hydroxyl groups is 2. The molecule has 0 aromatic carbocycles. The zero-order valence-corrected chi connectivity index (χ0v) is 16.9. The Morgan fingerprint density at radius 1 is 0.724 bits per heavy atom. The predicted molar refractivity (Wildman–Crippen MR) is 98.5 cm³/mol. The van der Waals surface area contributed by atoms with E-state index >= 15 is 0 Å². The second kappa shape index (κ2) is 12.3. The van der Waals surface area contributed by atoms with Gasteiger partial charge >= 0.3 is 17.1 Å². The summed E-state index contributed by atoms with van der Waals surface area (Å²) in [7, 11) is 3.12. The van der Waals surface area contributed by atoms with E-state index in [1.165, 1.54) is 50.8 Å². The average molecular weight is 447 g/mol. The van der Waals surface area contributed by atoms with Gasteiger partial charge in [0.2, 0.25) is 27.8 Å². The van der Waals surface area contributed by atoms with E-state index in [1.807, 2.05) is 0 Å². The van der Waals surface area contributed by atoms with Crippen LogP contribution in [0.1, 0.15) is 17.3 Å². The quantitative estimate of drug-likeness (QED) is 0.425. The second-order valence-corrected chi connectivity index (χ2v) is 5.19. The third-order valence-electron chi connectivity index (χ3n) is 3.21. The molecule has 3 aromatic rings. The molecule has 0 atom stereocenters. The summed E-state index contributed by atoms with van der Waals surface area (Å²) in [5, 5.41) is 17.6. The van der Waals surface area contributed by atoms with Crippen molar-refractivity contribution in [2.24, 2.45) is 0 Å². The topological polar surface area (TPSA) is 140 Å². The number of rotatable bonds is 1. The predicted octanol–water partition coefficient (Wildman–Crippen LogP) is 2.42. The van der Waals surface area contributed by atoms with Crippen LogP contribution in [0, 0.1) is 27.9 Å². The summed E-state index contributed by atoms with van der Waals surface area (Å²) in [5.41, 5.74) is -1.02. The smallest absolute Gasteiger partial charge is 0.660 e. The van der Waals surface area contributed by atoms with Crippen LogP contribution in [-0.2, 0) is 17.1 Å². The first-order chi connectivity index (χ1) is 13.2. The molecule has 0 saturated heterocycles. The van der Waals surface area contributed by atoms with Gasteiger partial charge in [-0.3, -0.25) is 14.4 Å². The molecule has 0 bridgehead atoms. The molecule has 0 fully saturated rings. The normalized spacial score (nSPS) is 9.10. The molecule has 0 radical (unpaired) electrons. The molecule has 0 saturated carbocycles. The van der Waals surface area contributed by atoms with Gasteiger partial charge in [-0.1, -0.05) is 0 Å². The summed E-state index contributed by atoms with van der Waals surface area (Å²) in [6.07, 6.45) is 3.81. The van der Waals surface area contributed by atoms with Gasteiger partial charge in [0.05, 0.1) is 18.8 Å². The molecule has 3 aromatic heterocycles. The number of ether oxygens (including phenoxy) is 1. The van der Waals surface area contributed by atoms with Gasteiger partial charge in [-0.15, -0.1) is 0 Å². The van der Waals surface area contributed by atoms with Crippen LogP contribution in [0.3, 0.4) is 0 Å². The Hall–Kier alpha value is -3.23. The SMILES string of the molecule is Cc1occc(=O)c1O.Cc1occc(=O)c1O.[CH2-]Oc1c(C)occc1=O.[Fe+4]. The molecule has 10 heteroatoms. The van der Waals surface area contributed by atoms with Crippen LogP contribution in [-0.4, -0.2) is 10.2 Å². The van der Waals surface area contributed by atoms with Crippen LogP contribution < -0.4 is 21.0 Å². The summed E-state index contributed by atoms with van der Waals surface area (Å²) in [5.74, 6) is 0.505. The van der Waals surface area contributed by atoms with E-state index in [1.54, 1.807) is 6.92 Å². The van der Waals surface area contributed by atoms with Gasteiger partial charge in [-0.25, -0.2) is 0 Å². The third kappa shape index (κ3) is 7.73. The molecule has 0 aliphatic rings. The molecule has 3 heterocycles. The minimum atomic E-state index is -0.404. The first-order valence-corrected chi connectivity index (χ1v) is 7.74. The minimum Gasteiger partial charge on any atom is -0.660 e. The third-order valence-corrected chi connectivity index (χ3v) is 3.21. The monoisotopic (exact) mass is 447 g/mol. The van der Waals surface area contributed by atoms with Crippen molar-refractivity contribution in [1.29, 1.82) is 0 Å². The van der Waals surface area contributed by atoms with Crippen molar-refractivity contribution >= 4 is 0 Å². The Balaban J connectivity index is 0.000000399. The maximum atomic E-state index is 10.8. The molecule has 0 spiro atoms. The van der Waals surface area contributed by atoms with E-state index in [4.69, 9.17) is 14.6 Å². The number of hydrogen-bond donors (Lipinski definition) is 2. The molecule has 2 N–H and O–H groups in total. The number of hydrogen-bond acceptors (Lipinski definition) is 9. The van der Waals surface area contributed by atoms with E-state index in [0.717, 1.165) is 0 Å². The van der Waals surface area contributed by atoms with Crippen molar-refractivity contribution in [3.63, 3.8) is 0 Å². The summed E-state index contributed by atoms with van der Waals surface area (Å²) in [6, 6.07) is 3.62. The van der Waals surface area contributed by atoms with Gasteiger partial charge in [0.15, 0.2) is 5.75 Å². The Morgan fingerprint density at radius 3 is 1.31 bits per heavy atom. The van der Waals surface area contributed by atoms with Crippen LogP contribution in [0.15, 0.2) is 64.6 Å². The summed E-state index contributed by atoms with van der Waals surface area (Å²) in [6.45, 7) is 4.69. The van der Waals surface area contributed by atoms with Gasteiger partial charge in [0, 0.05) is 18.2 Å². The van der Waals surface area contributed by atoms with Crippen molar-refractivity contribution < 1.29 is 45.3 Å². The molecule has 0 aliphatic carbocycles. The number of aryl methyl sites for hydroxylation is 3. The van der Waals surface area contributed by atoms with E-state index in [2.05, 4.69) is 20.7 Å². The molecule has 154 valence electrons. The van der Waals surface area contributed by atoms with Crippen molar-refractivity contribution in [2.75, 3.05) is 0 Å².